The Morgan fingerprint density at radius 1 is 1.35 bits per heavy atom. The monoisotopic (exact) mass is 237 g/mol. The van der Waals surface area contributed by atoms with Crippen LogP contribution in [0.25, 0.3) is 0 Å². The van der Waals surface area contributed by atoms with Gasteiger partial charge in [0.1, 0.15) is 0 Å². The molecule has 0 atom stereocenters. The zero-order valence-electron chi connectivity index (χ0n) is 9.69. The van der Waals surface area contributed by atoms with Gasteiger partial charge in [-0.15, -0.1) is 0 Å². The molecular weight excluding hydrogens is 222 g/mol. The Labute approximate surface area is 99.6 Å². The van der Waals surface area contributed by atoms with Crippen molar-refractivity contribution in [2.45, 2.75) is 12.6 Å². The van der Waals surface area contributed by atoms with Crippen LogP contribution in [0.2, 0.25) is 0 Å². The molecule has 0 saturated carbocycles. The summed E-state index contributed by atoms with van der Waals surface area (Å²) in [6.07, 6.45) is 0. The highest BCUT2D eigenvalue weighted by molar-refractivity contribution is 5.55. The molecule has 1 aromatic rings. The first-order chi connectivity index (χ1) is 8.36. The predicted molar refractivity (Wildman–Crippen MR) is 60.6 cm³/mol. The van der Waals surface area contributed by atoms with Crippen molar-refractivity contribution in [1.29, 1.82) is 0 Å². The van der Waals surface area contributed by atoms with Crippen molar-refractivity contribution < 1.29 is 18.9 Å². The van der Waals surface area contributed by atoms with Crippen LogP contribution in [0.3, 0.4) is 0 Å². The quantitative estimate of drug-likeness (QED) is 0.843. The van der Waals surface area contributed by atoms with Crippen LogP contribution in [0.1, 0.15) is 5.56 Å². The largest absolute Gasteiger partial charge is 0.493 e. The summed E-state index contributed by atoms with van der Waals surface area (Å²) in [4.78, 5) is 0. The van der Waals surface area contributed by atoms with E-state index in [0.29, 0.717) is 11.8 Å². The van der Waals surface area contributed by atoms with Crippen molar-refractivity contribution >= 4 is 0 Å². The predicted octanol–water partition coefficient (Wildman–Crippen LogP) is 0.912. The molecule has 0 amide bonds. The van der Waals surface area contributed by atoms with Crippen molar-refractivity contribution in [3.05, 3.63) is 17.7 Å². The fourth-order valence-electron chi connectivity index (χ4n) is 1.90. The van der Waals surface area contributed by atoms with E-state index in [9.17, 15) is 0 Å². The van der Waals surface area contributed by atoms with E-state index in [1.807, 2.05) is 12.1 Å². The molecule has 5 heteroatoms. The molecule has 1 fully saturated rings. The van der Waals surface area contributed by atoms with Crippen LogP contribution < -0.4 is 19.5 Å². The van der Waals surface area contributed by atoms with Gasteiger partial charge in [0.05, 0.1) is 26.4 Å². The van der Waals surface area contributed by atoms with Gasteiger partial charge >= 0.3 is 0 Å². The Bertz CT molecular complexity index is 417. The molecule has 1 saturated heterocycles. The highest BCUT2D eigenvalue weighted by Crippen LogP contribution is 2.41. The molecule has 0 spiro atoms. The molecule has 17 heavy (non-hydrogen) atoms. The second kappa shape index (κ2) is 4.43. The van der Waals surface area contributed by atoms with E-state index in [2.05, 4.69) is 5.32 Å². The molecular formula is C12H15NO4. The fourth-order valence-corrected chi connectivity index (χ4v) is 1.90. The third-order valence-electron chi connectivity index (χ3n) is 2.95. The molecule has 1 aromatic carbocycles. The zero-order chi connectivity index (χ0) is 11.7. The molecule has 0 radical (unpaired) electrons. The summed E-state index contributed by atoms with van der Waals surface area (Å²) in [5, 5.41) is 3.40. The lowest BCUT2D eigenvalue weighted by atomic mass is 10.1. The van der Waals surface area contributed by atoms with Crippen molar-refractivity contribution in [2.24, 2.45) is 0 Å². The standard InChI is InChI=1S/C12H15NO4/c1-14-10-2-8(4-13-9-5-15-6-9)3-11-12(10)17-7-16-11/h2-3,9,13H,4-7H2,1H3. The maximum Gasteiger partial charge on any atom is 0.231 e. The van der Waals surface area contributed by atoms with Crippen LogP contribution in [0.5, 0.6) is 17.2 Å². The van der Waals surface area contributed by atoms with Gasteiger partial charge in [0.2, 0.25) is 12.5 Å². The molecule has 1 N–H and O–H groups in total. The minimum absolute atomic E-state index is 0.263. The molecule has 2 aliphatic heterocycles. The van der Waals surface area contributed by atoms with Gasteiger partial charge in [0.25, 0.3) is 0 Å². The average Bonchev–Trinajstić information content (AvgIpc) is 2.73. The smallest absolute Gasteiger partial charge is 0.231 e. The van der Waals surface area contributed by atoms with Gasteiger partial charge in [-0.3, -0.25) is 0 Å². The Morgan fingerprint density at radius 2 is 2.24 bits per heavy atom. The number of nitrogens with one attached hydrogen (secondary N) is 1. The van der Waals surface area contributed by atoms with E-state index in [1.165, 1.54) is 0 Å². The molecule has 92 valence electrons. The minimum atomic E-state index is 0.263. The maximum atomic E-state index is 5.37. The van der Waals surface area contributed by atoms with Crippen LogP contribution in [0, 0.1) is 0 Å². The summed E-state index contributed by atoms with van der Waals surface area (Å²) in [7, 11) is 1.63. The number of ether oxygens (including phenoxy) is 4. The first-order valence-electron chi connectivity index (χ1n) is 5.64. The van der Waals surface area contributed by atoms with Crippen molar-refractivity contribution in [3.8, 4) is 17.2 Å². The first-order valence-corrected chi connectivity index (χ1v) is 5.64. The highest BCUT2D eigenvalue weighted by Gasteiger charge is 2.21. The molecule has 0 unspecified atom stereocenters. The van der Waals surface area contributed by atoms with Crippen LogP contribution in [-0.4, -0.2) is 33.2 Å². The van der Waals surface area contributed by atoms with Crippen molar-refractivity contribution in [2.75, 3.05) is 27.1 Å². The van der Waals surface area contributed by atoms with Crippen molar-refractivity contribution in [1.82, 2.24) is 5.32 Å². The lowest BCUT2D eigenvalue weighted by Crippen LogP contribution is -2.45. The van der Waals surface area contributed by atoms with E-state index < -0.39 is 0 Å². The SMILES string of the molecule is COc1cc(CNC2COC2)cc2c1OCO2. The number of rotatable bonds is 4. The number of hydrogen-bond donors (Lipinski definition) is 1. The molecule has 0 aliphatic carbocycles. The van der Waals surface area contributed by atoms with Crippen LogP contribution in [0.15, 0.2) is 12.1 Å². The second-order valence-corrected chi connectivity index (χ2v) is 4.15. The lowest BCUT2D eigenvalue weighted by Gasteiger charge is -2.27. The number of methoxy groups -OCH3 is 1. The normalized spacial score (nSPS) is 17.9. The molecule has 5 nitrogen and oxygen atoms in total. The summed E-state index contributed by atoms with van der Waals surface area (Å²) >= 11 is 0. The van der Waals surface area contributed by atoms with Gasteiger partial charge in [0.15, 0.2) is 11.5 Å². The van der Waals surface area contributed by atoms with Gasteiger partial charge in [-0.25, -0.2) is 0 Å². The Balaban J connectivity index is 1.75. The maximum absolute atomic E-state index is 5.37. The van der Waals surface area contributed by atoms with E-state index in [4.69, 9.17) is 18.9 Å². The molecule has 0 bridgehead atoms. The van der Waals surface area contributed by atoms with Crippen LogP contribution in [0.4, 0.5) is 0 Å². The van der Waals surface area contributed by atoms with Gasteiger partial charge in [-0.05, 0) is 17.7 Å². The molecule has 3 rings (SSSR count). The zero-order valence-corrected chi connectivity index (χ0v) is 9.69. The van der Waals surface area contributed by atoms with Gasteiger partial charge < -0.3 is 24.3 Å². The highest BCUT2D eigenvalue weighted by atomic mass is 16.7. The second-order valence-electron chi connectivity index (χ2n) is 4.15. The molecule has 2 heterocycles. The fraction of sp³-hybridized carbons (Fsp3) is 0.500. The Morgan fingerprint density at radius 3 is 2.94 bits per heavy atom. The molecule has 2 aliphatic rings. The number of benzene rings is 1. The number of hydrogen-bond acceptors (Lipinski definition) is 5. The van der Waals surface area contributed by atoms with E-state index >= 15 is 0 Å². The summed E-state index contributed by atoms with van der Waals surface area (Å²) < 4.78 is 21.1. The van der Waals surface area contributed by atoms with Crippen molar-refractivity contribution in [3.63, 3.8) is 0 Å². The van der Waals surface area contributed by atoms with Gasteiger partial charge in [0, 0.05) is 6.54 Å². The van der Waals surface area contributed by atoms with Crippen LogP contribution in [-0.2, 0) is 11.3 Å². The van der Waals surface area contributed by atoms with Gasteiger partial charge in [-0.1, -0.05) is 0 Å². The van der Waals surface area contributed by atoms with E-state index in [-0.39, 0.29) is 6.79 Å². The topological polar surface area (TPSA) is 49.0 Å². The summed E-state index contributed by atoms with van der Waals surface area (Å²) in [5.41, 5.74) is 1.12. The summed E-state index contributed by atoms with van der Waals surface area (Å²) in [6.45, 7) is 2.63. The lowest BCUT2D eigenvalue weighted by molar-refractivity contribution is -0.00579. The third-order valence-corrected chi connectivity index (χ3v) is 2.95. The molecule has 0 aromatic heterocycles. The Hall–Kier alpha value is -1.46. The summed E-state index contributed by atoms with van der Waals surface area (Å²) in [5.74, 6) is 2.18. The number of fused-ring (bicyclic) bond motifs is 1. The Kier molecular flexibility index (Phi) is 2.78. The minimum Gasteiger partial charge on any atom is -0.493 e. The third kappa shape index (κ3) is 2.03. The van der Waals surface area contributed by atoms with Crippen LogP contribution >= 0.6 is 0 Å². The average molecular weight is 237 g/mol. The summed E-state index contributed by atoms with van der Waals surface area (Å²) in [6, 6.07) is 4.42. The van der Waals surface area contributed by atoms with E-state index in [0.717, 1.165) is 36.8 Å². The first kappa shape index (κ1) is 10.7. The van der Waals surface area contributed by atoms with E-state index in [1.54, 1.807) is 7.11 Å². The van der Waals surface area contributed by atoms with Gasteiger partial charge in [-0.2, -0.15) is 0 Å².